The molecule has 38 heavy (non-hydrogen) atoms. The van der Waals surface area contributed by atoms with E-state index in [1.54, 1.807) is 29.6 Å². The van der Waals surface area contributed by atoms with Crippen LogP contribution >= 0.6 is 0 Å². The third-order valence-corrected chi connectivity index (χ3v) is 9.09. The summed E-state index contributed by atoms with van der Waals surface area (Å²) >= 11 is 0. The van der Waals surface area contributed by atoms with E-state index in [4.69, 9.17) is 9.47 Å². The van der Waals surface area contributed by atoms with Gasteiger partial charge in [-0.1, -0.05) is 54.5 Å². The van der Waals surface area contributed by atoms with E-state index in [0.29, 0.717) is 10.7 Å². The second kappa shape index (κ2) is 11.5. The van der Waals surface area contributed by atoms with Crippen molar-refractivity contribution in [2.45, 2.75) is 76.3 Å². The topological polar surface area (TPSA) is 72.9 Å². The number of sulfonamides is 1. The number of aryl methyl sites for hydroxylation is 1. The summed E-state index contributed by atoms with van der Waals surface area (Å²) in [6.45, 7) is 7.34. The first-order valence-corrected chi connectivity index (χ1v) is 14.8. The van der Waals surface area contributed by atoms with Gasteiger partial charge in [0.1, 0.15) is 11.4 Å². The van der Waals surface area contributed by atoms with Crippen LogP contribution in [0, 0.1) is 12.8 Å². The zero-order valence-corrected chi connectivity index (χ0v) is 23.9. The number of carbonyl (C=O) groups is 1. The Bertz CT molecular complexity index is 1320. The molecule has 4 rings (SSSR count). The summed E-state index contributed by atoms with van der Waals surface area (Å²) in [6.07, 6.45) is 8.15. The number of hydrogen-bond donors (Lipinski definition) is 0. The molecule has 0 N–H and O–H groups in total. The zero-order chi connectivity index (χ0) is 27.5. The molecule has 2 aliphatic carbocycles. The van der Waals surface area contributed by atoms with E-state index in [2.05, 4.69) is 0 Å². The predicted octanol–water partition coefficient (Wildman–Crippen LogP) is 6.41. The lowest BCUT2D eigenvalue weighted by molar-refractivity contribution is -0.158. The molecule has 0 saturated heterocycles. The van der Waals surface area contributed by atoms with Crippen LogP contribution in [0.3, 0.4) is 0 Å². The molecule has 0 aromatic heterocycles. The number of carbonyl (C=O) groups excluding carboxylic acids is 1. The van der Waals surface area contributed by atoms with Crippen molar-refractivity contribution in [2.75, 3.05) is 13.7 Å². The molecule has 204 valence electrons. The largest absolute Gasteiger partial charge is 0.482 e. The Morgan fingerprint density at radius 3 is 2.50 bits per heavy atom. The van der Waals surface area contributed by atoms with Gasteiger partial charge in [0.2, 0.25) is 10.0 Å². The minimum absolute atomic E-state index is 0.00353. The van der Waals surface area contributed by atoms with E-state index in [0.717, 1.165) is 54.4 Å². The van der Waals surface area contributed by atoms with E-state index in [1.165, 1.54) is 0 Å². The minimum Gasteiger partial charge on any atom is -0.482 e. The zero-order valence-electron chi connectivity index (χ0n) is 23.1. The van der Waals surface area contributed by atoms with Crippen LogP contribution in [0.2, 0.25) is 0 Å². The monoisotopic (exact) mass is 537 g/mol. The SMILES string of the molecule is Cc1ccc(-c2cccc(S(=O)(=O)N(C)C3CCCCC4=C(OCC(=O)OC(C)(C)C)C=CCC43)c2)cc1. The first-order valence-electron chi connectivity index (χ1n) is 13.3. The minimum atomic E-state index is -3.74. The summed E-state index contributed by atoms with van der Waals surface area (Å²) < 4.78 is 40.7. The molecule has 0 radical (unpaired) electrons. The first-order chi connectivity index (χ1) is 18.0. The number of nitrogens with zero attached hydrogens (tertiary/aromatic N) is 1. The molecule has 2 aliphatic rings. The van der Waals surface area contributed by atoms with Crippen molar-refractivity contribution in [1.29, 1.82) is 0 Å². The maximum absolute atomic E-state index is 13.9. The molecule has 0 amide bonds. The Balaban J connectivity index is 1.58. The van der Waals surface area contributed by atoms with Crippen molar-refractivity contribution in [3.63, 3.8) is 0 Å². The quantitative estimate of drug-likeness (QED) is 0.382. The number of benzene rings is 2. The van der Waals surface area contributed by atoms with Gasteiger partial charge in [0, 0.05) is 19.0 Å². The highest BCUT2D eigenvalue weighted by Crippen LogP contribution is 2.40. The summed E-state index contributed by atoms with van der Waals surface area (Å²) in [5.41, 5.74) is 3.53. The highest BCUT2D eigenvalue weighted by molar-refractivity contribution is 7.89. The van der Waals surface area contributed by atoms with Crippen LogP contribution in [0.5, 0.6) is 0 Å². The number of rotatable bonds is 7. The summed E-state index contributed by atoms with van der Waals surface area (Å²) in [7, 11) is -2.04. The van der Waals surface area contributed by atoms with Crippen molar-refractivity contribution in [2.24, 2.45) is 5.92 Å². The van der Waals surface area contributed by atoms with Crippen molar-refractivity contribution in [3.05, 3.63) is 77.6 Å². The molecule has 0 spiro atoms. The van der Waals surface area contributed by atoms with Crippen LogP contribution < -0.4 is 0 Å². The summed E-state index contributed by atoms with van der Waals surface area (Å²) in [5.74, 6) is 0.252. The van der Waals surface area contributed by atoms with Gasteiger partial charge in [-0.3, -0.25) is 0 Å². The molecule has 2 unspecified atom stereocenters. The van der Waals surface area contributed by atoms with Gasteiger partial charge >= 0.3 is 5.97 Å². The first kappa shape index (κ1) is 28.1. The highest BCUT2D eigenvalue weighted by Gasteiger charge is 2.38. The number of ether oxygens (including phenoxy) is 2. The molecule has 2 aromatic rings. The van der Waals surface area contributed by atoms with Crippen molar-refractivity contribution >= 4 is 16.0 Å². The summed E-state index contributed by atoms with van der Waals surface area (Å²) in [5, 5.41) is 0. The smallest absolute Gasteiger partial charge is 0.344 e. The van der Waals surface area contributed by atoms with Crippen molar-refractivity contribution < 1.29 is 22.7 Å². The molecule has 1 saturated carbocycles. The highest BCUT2D eigenvalue weighted by atomic mass is 32.2. The van der Waals surface area contributed by atoms with Gasteiger partial charge in [-0.15, -0.1) is 0 Å². The fourth-order valence-corrected chi connectivity index (χ4v) is 6.80. The third kappa shape index (κ3) is 6.56. The molecule has 0 bridgehead atoms. The van der Waals surface area contributed by atoms with Gasteiger partial charge < -0.3 is 9.47 Å². The van der Waals surface area contributed by atoms with Gasteiger partial charge in [-0.2, -0.15) is 4.31 Å². The Hall–Kier alpha value is -2.90. The molecule has 7 heteroatoms. The molecule has 6 nitrogen and oxygen atoms in total. The van der Waals surface area contributed by atoms with Crippen molar-refractivity contribution in [3.8, 4) is 11.1 Å². The van der Waals surface area contributed by atoms with Crippen LogP contribution in [0.15, 0.2) is 76.9 Å². The number of fused-ring (bicyclic) bond motifs is 1. The standard InChI is InChI=1S/C31H39NO5S/c1-22-16-18-23(19-17-22)24-10-8-11-25(20-24)38(34,35)32(5)28-14-7-6-12-27-26(28)13-9-15-29(27)36-21-30(33)37-31(2,3)4/h8-11,15-20,26,28H,6-7,12-14,21H2,1-5H3. The molecule has 0 aliphatic heterocycles. The normalized spacial score (nSPS) is 20.2. The second-order valence-electron chi connectivity index (χ2n) is 11.2. The molecule has 2 aromatic carbocycles. The van der Waals surface area contributed by atoms with Crippen LogP contribution in [0.4, 0.5) is 0 Å². The van der Waals surface area contributed by atoms with E-state index < -0.39 is 21.6 Å². The van der Waals surface area contributed by atoms with Crippen LogP contribution in [0.1, 0.15) is 58.4 Å². The number of allylic oxidation sites excluding steroid dienone is 2. The van der Waals surface area contributed by atoms with E-state index in [1.807, 2.05) is 70.2 Å². The van der Waals surface area contributed by atoms with Gasteiger partial charge in [-0.05, 0) is 88.3 Å². The van der Waals surface area contributed by atoms with Gasteiger partial charge in [0.15, 0.2) is 6.61 Å². The Labute approximate surface area is 227 Å². The molecule has 1 fully saturated rings. The molecular weight excluding hydrogens is 498 g/mol. The van der Waals surface area contributed by atoms with Crippen LogP contribution in [-0.2, 0) is 24.3 Å². The van der Waals surface area contributed by atoms with Crippen LogP contribution in [0.25, 0.3) is 11.1 Å². The van der Waals surface area contributed by atoms with Gasteiger partial charge in [0.05, 0.1) is 4.90 Å². The fraction of sp³-hybridized carbons (Fsp3) is 0.452. The Morgan fingerprint density at radius 2 is 1.79 bits per heavy atom. The summed E-state index contributed by atoms with van der Waals surface area (Å²) in [6, 6.07) is 15.1. The second-order valence-corrected chi connectivity index (χ2v) is 13.2. The molecule has 0 heterocycles. The van der Waals surface area contributed by atoms with E-state index in [-0.39, 0.29) is 18.6 Å². The Morgan fingerprint density at radius 1 is 1.05 bits per heavy atom. The summed E-state index contributed by atoms with van der Waals surface area (Å²) in [4.78, 5) is 12.5. The van der Waals surface area contributed by atoms with Crippen LogP contribution in [-0.4, -0.2) is 44.0 Å². The maximum Gasteiger partial charge on any atom is 0.344 e. The van der Waals surface area contributed by atoms with Crippen molar-refractivity contribution in [1.82, 2.24) is 4.31 Å². The lowest BCUT2D eigenvalue weighted by atomic mass is 9.83. The lowest BCUT2D eigenvalue weighted by Crippen LogP contribution is -2.42. The van der Waals surface area contributed by atoms with E-state index in [9.17, 15) is 13.2 Å². The number of hydrogen-bond acceptors (Lipinski definition) is 5. The maximum atomic E-state index is 13.9. The van der Waals surface area contributed by atoms with Gasteiger partial charge in [-0.25, -0.2) is 13.2 Å². The molecular formula is C31H39NO5S. The predicted molar refractivity (Wildman–Crippen MR) is 150 cm³/mol. The number of esters is 1. The average molecular weight is 538 g/mol. The Kier molecular flexibility index (Phi) is 8.48. The van der Waals surface area contributed by atoms with E-state index >= 15 is 0 Å². The lowest BCUT2D eigenvalue weighted by Gasteiger charge is -2.35. The molecule has 2 atom stereocenters. The van der Waals surface area contributed by atoms with Gasteiger partial charge in [0.25, 0.3) is 0 Å². The third-order valence-electron chi connectivity index (χ3n) is 7.21. The average Bonchev–Trinajstić information content (AvgIpc) is 3.09. The fourth-order valence-electron chi connectivity index (χ4n) is 5.33.